The molecular weight excluding hydrogens is 472 g/mol. The summed E-state index contributed by atoms with van der Waals surface area (Å²) in [5.74, 6) is 0.442. The smallest absolute Gasteiger partial charge is 0.0869 e. The van der Waals surface area contributed by atoms with Gasteiger partial charge in [0.1, 0.15) is 0 Å². The molecular formula is C30H36N8. The lowest BCUT2D eigenvalue weighted by atomic mass is 9.88. The van der Waals surface area contributed by atoms with Crippen molar-refractivity contribution in [3.05, 3.63) is 59.2 Å². The first-order valence-corrected chi connectivity index (χ1v) is 13.5. The lowest BCUT2D eigenvalue weighted by Gasteiger charge is -2.23. The Balaban J connectivity index is 1.84. The van der Waals surface area contributed by atoms with Gasteiger partial charge in [0.05, 0.1) is 48.8 Å². The van der Waals surface area contributed by atoms with Gasteiger partial charge in [-0.05, 0) is 68.2 Å². The molecule has 0 aromatic carbocycles. The fourth-order valence-corrected chi connectivity index (χ4v) is 5.16. The Kier molecular flexibility index (Phi) is 12.2. The summed E-state index contributed by atoms with van der Waals surface area (Å²) in [6.45, 7) is 3.25. The standard InChI is InChI=1S/C30H36N8/c31-13-11-25-5-1-6-26(12-14-32)22-28-8-3-10-30(36-28)24-38(20-16-34)18-4-17-37(19-15-33)23-29-9-2-7-27(21-25)35-29/h2-3,7-10,25-26H,1,4-6,11-12,17-24H2. The maximum Gasteiger partial charge on any atom is 0.0869 e. The number of rotatable bonds is 4. The van der Waals surface area contributed by atoms with Crippen LogP contribution in [0.5, 0.6) is 0 Å². The third-order valence-corrected chi connectivity index (χ3v) is 7.02. The highest BCUT2D eigenvalue weighted by Gasteiger charge is 2.17. The SMILES string of the molecule is N#CCC1CCCC(CC#N)Cc2cccc(n2)CN(CC#N)CCCN(CC#N)Cc2cccc(n2)C1. The summed E-state index contributed by atoms with van der Waals surface area (Å²) in [7, 11) is 0. The average molecular weight is 509 g/mol. The van der Waals surface area contributed by atoms with Crippen LogP contribution in [0.25, 0.3) is 0 Å². The fourth-order valence-electron chi connectivity index (χ4n) is 5.16. The van der Waals surface area contributed by atoms with Crippen LogP contribution in [0.2, 0.25) is 0 Å². The van der Waals surface area contributed by atoms with E-state index in [1.807, 2.05) is 36.4 Å². The molecule has 0 spiro atoms. The normalized spacial score (nSPS) is 20.2. The van der Waals surface area contributed by atoms with Crippen LogP contribution in [0.3, 0.4) is 0 Å². The zero-order chi connectivity index (χ0) is 27.0. The first-order chi connectivity index (χ1) is 18.6. The monoisotopic (exact) mass is 508 g/mol. The van der Waals surface area contributed by atoms with Crippen molar-refractivity contribution in [2.75, 3.05) is 26.2 Å². The lowest BCUT2D eigenvalue weighted by Crippen LogP contribution is -2.31. The van der Waals surface area contributed by atoms with Gasteiger partial charge in [0.25, 0.3) is 0 Å². The molecule has 0 fully saturated rings. The molecule has 1 aliphatic rings. The predicted molar refractivity (Wildman–Crippen MR) is 144 cm³/mol. The van der Waals surface area contributed by atoms with Crippen LogP contribution in [0, 0.1) is 57.2 Å². The highest BCUT2D eigenvalue weighted by atomic mass is 15.2. The van der Waals surface area contributed by atoms with Gasteiger partial charge >= 0.3 is 0 Å². The maximum absolute atomic E-state index is 9.42. The Hall–Kier alpha value is -3.82. The molecule has 0 N–H and O–H groups in total. The fraction of sp³-hybridized carbons (Fsp3) is 0.533. The highest BCUT2D eigenvalue weighted by molar-refractivity contribution is 5.14. The van der Waals surface area contributed by atoms with Gasteiger partial charge in [0.2, 0.25) is 0 Å². The van der Waals surface area contributed by atoms with Crippen molar-refractivity contribution in [1.29, 1.82) is 21.0 Å². The Morgan fingerprint density at radius 1 is 0.632 bits per heavy atom. The number of nitrogens with zero attached hydrogens (tertiary/aromatic N) is 8. The van der Waals surface area contributed by atoms with E-state index >= 15 is 0 Å². The second-order valence-corrected chi connectivity index (χ2v) is 10.1. The zero-order valence-electron chi connectivity index (χ0n) is 22.1. The molecule has 1 aliphatic heterocycles. The number of hydrogen-bond donors (Lipinski definition) is 0. The molecule has 0 aliphatic carbocycles. The quantitative estimate of drug-likeness (QED) is 0.550. The zero-order valence-corrected chi connectivity index (χ0v) is 22.1. The van der Waals surface area contributed by atoms with Crippen molar-refractivity contribution < 1.29 is 0 Å². The van der Waals surface area contributed by atoms with Crippen LogP contribution in [0.4, 0.5) is 0 Å². The van der Waals surface area contributed by atoms with Crippen molar-refractivity contribution in [3.8, 4) is 24.3 Å². The van der Waals surface area contributed by atoms with Crippen LogP contribution in [0.1, 0.15) is 61.3 Å². The Morgan fingerprint density at radius 3 is 1.50 bits per heavy atom. The van der Waals surface area contributed by atoms with Crippen molar-refractivity contribution in [3.63, 3.8) is 0 Å². The minimum atomic E-state index is 0.221. The van der Waals surface area contributed by atoms with E-state index in [1.54, 1.807) is 0 Å². The van der Waals surface area contributed by atoms with E-state index in [1.165, 1.54) is 0 Å². The molecule has 2 atom stereocenters. The van der Waals surface area contributed by atoms with Crippen molar-refractivity contribution in [1.82, 2.24) is 19.8 Å². The molecule has 0 saturated carbocycles. The van der Waals surface area contributed by atoms with Crippen LogP contribution in [-0.2, 0) is 25.9 Å². The number of aromatic nitrogens is 2. The van der Waals surface area contributed by atoms with Gasteiger partial charge in [0.15, 0.2) is 0 Å². The van der Waals surface area contributed by atoms with Gasteiger partial charge in [-0.2, -0.15) is 21.0 Å². The Labute approximate surface area is 226 Å². The second-order valence-electron chi connectivity index (χ2n) is 10.1. The number of fused-ring (bicyclic) bond motifs is 4. The second kappa shape index (κ2) is 16.1. The molecule has 0 saturated heterocycles. The molecule has 0 amide bonds. The number of pyridine rings is 2. The van der Waals surface area contributed by atoms with Gasteiger partial charge in [-0.1, -0.05) is 18.6 Å². The number of hydrogen-bond acceptors (Lipinski definition) is 8. The molecule has 3 rings (SSSR count). The molecule has 2 aromatic rings. The van der Waals surface area contributed by atoms with Gasteiger partial charge in [0, 0.05) is 50.4 Å². The van der Waals surface area contributed by atoms with Gasteiger partial charge < -0.3 is 0 Å². The van der Waals surface area contributed by atoms with Gasteiger partial charge in [-0.25, -0.2) is 0 Å². The summed E-state index contributed by atoms with van der Waals surface area (Å²) in [5, 5.41) is 37.6. The van der Waals surface area contributed by atoms with E-state index in [4.69, 9.17) is 9.97 Å². The molecule has 3 heterocycles. The summed E-state index contributed by atoms with van der Waals surface area (Å²) in [6, 6.07) is 21.3. The van der Waals surface area contributed by atoms with E-state index in [0.717, 1.165) is 74.4 Å². The summed E-state index contributed by atoms with van der Waals surface area (Å²) in [4.78, 5) is 13.9. The molecule has 4 bridgehead atoms. The summed E-state index contributed by atoms with van der Waals surface area (Å²) >= 11 is 0. The van der Waals surface area contributed by atoms with E-state index in [2.05, 4.69) is 34.1 Å². The summed E-state index contributed by atoms with van der Waals surface area (Å²) in [6.07, 6.45) is 6.05. The maximum atomic E-state index is 9.42. The molecule has 196 valence electrons. The third-order valence-electron chi connectivity index (χ3n) is 7.02. The van der Waals surface area contributed by atoms with Crippen molar-refractivity contribution >= 4 is 0 Å². The Morgan fingerprint density at radius 2 is 1.08 bits per heavy atom. The largest absolute Gasteiger partial charge is 0.285 e. The molecule has 2 unspecified atom stereocenters. The Bertz CT molecular complexity index is 1010. The van der Waals surface area contributed by atoms with Crippen LogP contribution >= 0.6 is 0 Å². The first-order valence-electron chi connectivity index (χ1n) is 13.5. The minimum Gasteiger partial charge on any atom is -0.285 e. The van der Waals surface area contributed by atoms with Crippen molar-refractivity contribution in [2.24, 2.45) is 11.8 Å². The van der Waals surface area contributed by atoms with E-state index in [9.17, 15) is 21.0 Å². The van der Waals surface area contributed by atoms with E-state index < -0.39 is 0 Å². The van der Waals surface area contributed by atoms with Crippen molar-refractivity contribution in [2.45, 2.75) is 64.5 Å². The molecule has 2 aromatic heterocycles. The van der Waals surface area contributed by atoms with Crippen LogP contribution in [-0.4, -0.2) is 45.9 Å². The van der Waals surface area contributed by atoms with E-state index in [-0.39, 0.29) is 11.8 Å². The van der Waals surface area contributed by atoms with Crippen LogP contribution in [0.15, 0.2) is 36.4 Å². The summed E-state index contributed by atoms with van der Waals surface area (Å²) in [5.41, 5.74) is 3.80. The molecule has 38 heavy (non-hydrogen) atoms. The first kappa shape index (κ1) is 28.7. The average Bonchev–Trinajstić information content (AvgIpc) is 2.89. The minimum absolute atomic E-state index is 0.221. The summed E-state index contributed by atoms with van der Waals surface area (Å²) < 4.78 is 0. The molecule has 8 heteroatoms. The third kappa shape index (κ3) is 9.91. The number of nitriles is 4. The van der Waals surface area contributed by atoms with Gasteiger partial charge in [-0.3, -0.25) is 19.8 Å². The predicted octanol–water partition coefficient (Wildman–Crippen LogP) is 4.55. The van der Waals surface area contributed by atoms with E-state index in [0.29, 0.717) is 39.0 Å². The molecule has 0 radical (unpaired) electrons. The molecule has 8 nitrogen and oxygen atoms in total. The highest BCUT2D eigenvalue weighted by Crippen LogP contribution is 2.23. The lowest BCUT2D eigenvalue weighted by molar-refractivity contribution is 0.241. The van der Waals surface area contributed by atoms with Gasteiger partial charge in [-0.15, -0.1) is 0 Å². The topological polar surface area (TPSA) is 127 Å². The van der Waals surface area contributed by atoms with Crippen LogP contribution < -0.4 is 0 Å².